The Hall–Kier alpha value is -4.08. The van der Waals surface area contributed by atoms with E-state index in [2.05, 4.69) is 6.07 Å². The van der Waals surface area contributed by atoms with Crippen LogP contribution in [0.25, 0.3) is 22.4 Å². The average Bonchev–Trinajstić information content (AvgIpc) is 2.92. The number of methoxy groups -OCH3 is 2. The fraction of sp³-hybridized carbons (Fsp3) is 0.167. The minimum absolute atomic E-state index is 0.00780. The van der Waals surface area contributed by atoms with Gasteiger partial charge in [0.1, 0.15) is 11.1 Å². The van der Waals surface area contributed by atoms with Crippen LogP contribution in [0, 0.1) is 25.2 Å². The molecule has 0 saturated carbocycles. The van der Waals surface area contributed by atoms with E-state index in [4.69, 9.17) is 14.5 Å². The summed E-state index contributed by atoms with van der Waals surface area (Å²) in [5, 5.41) is 10.7. The fourth-order valence-corrected chi connectivity index (χ4v) is 4.75. The number of ether oxygens (including phenoxy) is 2. The summed E-state index contributed by atoms with van der Waals surface area (Å²) in [6, 6.07) is 25.3. The number of thioether (sulfide) groups is 1. The van der Waals surface area contributed by atoms with Crippen molar-refractivity contribution < 1.29 is 14.3 Å². The van der Waals surface area contributed by atoms with Crippen molar-refractivity contribution in [1.29, 1.82) is 5.26 Å². The quantitative estimate of drug-likeness (QED) is 0.196. The smallest absolute Gasteiger partial charge is 0.173 e. The first-order valence-corrected chi connectivity index (χ1v) is 12.4. The molecule has 0 N–H and O–H groups in total. The summed E-state index contributed by atoms with van der Waals surface area (Å²) in [5.41, 5.74) is 6.45. The number of rotatable bonds is 8. The first kappa shape index (κ1) is 25.0. The van der Waals surface area contributed by atoms with Crippen molar-refractivity contribution in [2.45, 2.75) is 18.9 Å². The molecule has 4 rings (SSSR count). The van der Waals surface area contributed by atoms with E-state index in [-0.39, 0.29) is 11.5 Å². The number of benzene rings is 3. The third-order valence-electron chi connectivity index (χ3n) is 6.03. The van der Waals surface area contributed by atoms with Gasteiger partial charge < -0.3 is 9.47 Å². The normalized spacial score (nSPS) is 10.5. The zero-order valence-corrected chi connectivity index (χ0v) is 21.5. The van der Waals surface area contributed by atoms with Crippen LogP contribution in [0.15, 0.2) is 77.8 Å². The van der Waals surface area contributed by atoms with Gasteiger partial charge in [0.05, 0.1) is 31.2 Å². The molecule has 0 aliphatic rings. The van der Waals surface area contributed by atoms with Crippen LogP contribution in [-0.2, 0) is 0 Å². The predicted octanol–water partition coefficient (Wildman–Crippen LogP) is 6.90. The summed E-state index contributed by atoms with van der Waals surface area (Å²) in [6.07, 6.45) is 0. The molecule has 0 amide bonds. The van der Waals surface area contributed by atoms with Crippen LogP contribution < -0.4 is 9.47 Å². The number of aryl methyl sites for hydroxylation is 2. The lowest BCUT2D eigenvalue weighted by Gasteiger charge is -2.14. The second-order valence-corrected chi connectivity index (χ2v) is 9.26. The van der Waals surface area contributed by atoms with Crippen molar-refractivity contribution in [2.75, 3.05) is 20.0 Å². The Morgan fingerprint density at radius 3 is 2.31 bits per heavy atom. The first-order chi connectivity index (χ1) is 17.4. The maximum atomic E-state index is 13.0. The number of hydrogen-bond donors (Lipinski definition) is 0. The molecule has 1 heterocycles. The Balaban J connectivity index is 1.78. The summed E-state index contributed by atoms with van der Waals surface area (Å²) in [4.78, 5) is 17.8. The van der Waals surface area contributed by atoms with Crippen LogP contribution >= 0.6 is 11.8 Å². The van der Waals surface area contributed by atoms with Gasteiger partial charge in [0.25, 0.3) is 0 Å². The van der Waals surface area contributed by atoms with Crippen molar-refractivity contribution in [2.24, 2.45) is 0 Å². The second kappa shape index (κ2) is 11.1. The van der Waals surface area contributed by atoms with E-state index < -0.39 is 0 Å². The van der Waals surface area contributed by atoms with Gasteiger partial charge in [0, 0.05) is 16.7 Å². The van der Waals surface area contributed by atoms with E-state index in [1.165, 1.54) is 11.8 Å². The predicted molar refractivity (Wildman–Crippen MR) is 144 cm³/mol. The maximum absolute atomic E-state index is 13.0. The third-order valence-corrected chi connectivity index (χ3v) is 7.01. The monoisotopic (exact) mass is 494 g/mol. The zero-order valence-electron chi connectivity index (χ0n) is 20.7. The zero-order chi connectivity index (χ0) is 25.7. The standard InChI is InChI=1S/C30H26N2O3S/c1-19-10-11-23(14-20(19)2)27(33)18-36-30-25(17-31)24(16-26(32-30)21-8-6-5-7-9-21)22-12-13-28(34-3)29(15-22)35-4/h5-16H,18H2,1-4H3. The molecule has 6 heteroatoms. The van der Waals surface area contributed by atoms with Crippen molar-refractivity contribution >= 4 is 17.5 Å². The fourth-order valence-electron chi connectivity index (χ4n) is 3.85. The molecule has 0 fully saturated rings. The van der Waals surface area contributed by atoms with Crippen LogP contribution in [0.3, 0.4) is 0 Å². The molecule has 0 aliphatic carbocycles. The minimum atomic E-state index is -0.00780. The topological polar surface area (TPSA) is 72.2 Å². The van der Waals surface area contributed by atoms with E-state index in [0.717, 1.165) is 27.9 Å². The van der Waals surface area contributed by atoms with Gasteiger partial charge in [-0.05, 0) is 54.8 Å². The number of nitriles is 1. The number of aromatic nitrogens is 1. The summed E-state index contributed by atoms with van der Waals surface area (Å²) in [6.45, 7) is 4.01. The van der Waals surface area contributed by atoms with Gasteiger partial charge in [0.2, 0.25) is 0 Å². The van der Waals surface area contributed by atoms with Crippen LogP contribution in [0.1, 0.15) is 27.0 Å². The van der Waals surface area contributed by atoms with Gasteiger partial charge in [-0.3, -0.25) is 4.79 Å². The third kappa shape index (κ3) is 5.27. The first-order valence-electron chi connectivity index (χ1n) is 11.4. The van der Waals surface area contributed by atoms with E-state index in [9.17, 15) is 10.1 Å². The molecule has 0 spiro atoms. The van der Waals surface area contributed by atoms with E-state index in [1.807, 2.05) is 86.6 Å². The van der Waals surface area contributed by atoms with E-state index in [1.54, 1.807) is 14.2 Å². The number of Topliss-reactive ketones (excluding diaryl/α,β-unsaturated/α-hetero) is 1. The molecule has 0 saturated heterocycles. The number of carbonyl (C=O) groups excluding carboxylic acids is 1. The maximum Gasteiger partial charge on any atom is 0.173 e. The Bertz CT molecular complexity index is 1460. The highest BCUT2D eigenvalue weighted by Crippen LogP contribution is 2.38. The highest BCUT2D eigenvalue weighted by atomic mass is 32.2. The molecular formula is C30H26N2O3S. The van der Waals surface area contributed by atoms with E-state index >= 15 is 0 Å². The lowest BCUT2D eigenvalue weighted by atomic mass is 9.99. The van der Waals surface area contributed by atoms with Crippen LogP contribution in [-0.4, -0.2) is 30.7 Å². The Morgan fingerprint density at radius 2 is 1.64 bits per heavy atom. The largest absolute Gasteiger partial charge is 0.493 e. The average molecular weight is 495 g/mol. The molecule has 4 aromatic rings. The molecule has 0 atom stereocenters. The van der Waals surface area contributed by atoms with Gasteiger partial charge in [-0.25, -0.2) is 4.98 Å². The van der Waals surface area contributed by atoms with E-state index in [0.29, 0.717) is 33.2 Å². The summed E-state index contributed by atoms with van der Waals surface area (Å²) >= 11 is 1.28. The molecule has 0 aliphatic heterocycles. The van der Waals surface area contributed by atoms with Gasteiger partial charge in [-0.2, -0.15) is 5.26 Å². The van der Waals surface area contributed by atoms with Gasteiger partial charge >= 0.3 is 0 Å². The number of hydrogen-bond acceptors (Lipinski definition) is 6. The van der Waals surface area contributed by atoms with Crippen molar-refractivity contribution in [1.82, 2.24) is 4.98 Å². The lowest BCUT2D eigenvalue weighted by molar-refractivity contribution is 0.102. The highest BCUT2D eigenvalue weighted by molar-refractivity contribution is 8.00. The Kier molecular flexibility index (Phi) is 7.72. The van der Waals surface area contributed by atoms with Crippen molar-refractivity contribution in [3.8, 4) is 40.0 Å². The summed E-state index contributed by atoms with van der Waals surface area (Å²) in [5.74, 6) is 1.33. The molecule has 180 valence electrons. The molecule has 5 nitrogen and oxygen atoms in total. The van der Waals surface area contributed by atoms with Crippen molar-refractivity contribution in [3.05, 3.63) is 95.1 Å². The molecule has 0 unspecified atom stereocenters. The van der Waals surface area contributed by atoms with Gasteiger partial charge in [-0.15, -0.1) is 0 Å². The Labute approximate surface area is 215 Å². The molecule has 1 aromatic heterocycles. The Morgan fingerprint density at radius 1 is 0.889 bits per heavy atom. The summed E-state index contributed by atoms with van der Waals surface area (Å²) < 4.78 is 10.9. The van der Waals surface area contributed by atoms with Gasteiger partial charge in [-0.1, -0.05) is 60.3 Å². The highest BCUT2D eigenvalue weighted by Gasteiger charge is 2.19. The molecule has 0 bridgehead atoms. The number of carbonyl (C=O) groups is 1. The minimum Gasteiger partial charge on any atom is -0.493 e. The number of nitrogens with zero attached hydrogens (tertiary/aromatic N) is 2. The molecule has 0 radical (unpaired) electrons. The van der Waals surface area contributed by atoms with Gasteiger partial charge in [0.15, 0.2) is 17.3 Å². The number of pyridine rings is 1. The lowest BCUT2D eigenvalue weighted by Crippen LogP contribution is -2.05. The van der Waals surface area contributed by atoms with Crippen LogP contribution in [0.2, 0.25) is 0 Å². The SMILES string of the molecule is COc1ccc(-c2cc(-c3ccccc3)nc(SCC(=O)c3ccc(C)c(C)c3)c2C#N)cc1OC. The molecule has 36 heavy (non-hydrogen) atoms. The van der Waals surface area contributed by atoms with Crippen LogP contribution in [0.5, 0.6) is 11.5 Å². The molecular weight excluding hydrogens is 468 g/mol. The second-order valence-electron chi connectivity index (χ2n) is 8.29. The van der Waals surface area contributed by atoms with Crippen molar-refractivity contribution in [3.63, 3.8) is 0 Å². The number of ketones is 1. The van der Waals surface area contributed by atoms with Crippen LogP contribution in [0.4, 0.5) is 0 Å². The summed E-state index contributed by atoms with van der Waals surface area (Å²) in [7, 11) is 3.16. The molecule has 3 aromatic carbocycles.